The molecule has 0 rings (SSSR count). The Kier molecular flexibility index (Phi) is 7.11. The zero-order chi connectivity index (χ0) is 9.40. The maximum Gasteiger partial charge on any atom is 0.244 e. The Labute approximate surface area is 78.2 Å². The highest BCUT2D eigenvalue weighted by Gasteiger charge is 1.98. The summed E-state index contributed by atoms with van der Waals surface area (Å²) >= 11 is 5.10. The van der Waals surface area contributed by atoms with Crippen LogP contribution in [0.3, 0.4) is 0 Å². The van der Waals surface area contributed by atoms with Crippen molar-refractivity contribution in [3.63, 3.8) is 0 Å². The average Bonchev–Trinajstić information content (AvgIpc) is 2.00. The van der Waals surface area contributed by atoms with Crippen molar-refractivity contribution >= 4 is 16.8 Å². The van der Waals surface area contributed by atoms with Crippen LogP contribution in [0.2, 0.25) is 0 Å². The van der Waals surface area contributed by atoms with E-state index in [2.05, 4.69) is 6.92 Å². The van der Waals surface area contributed by atoms with Crippen LogP contribution in [0, 0.1) is 5.92 Å². The number of carbonyl (C=O) groups is 1. The van der Waals surface area contributed by atoms with E-state index in [0.29, 0.717) is 5.92 Å². The fraction of sp³-hybridized carbons (Fsp3) is 0.667. The van der Waals surface area contributed by atoms with Crippen LogP contribution in [0.4, 0.5) is 0 Å². The minimum Gasteiger partial charge on any atom is -0.396 e. The molecule has 3 heteroatoms. The van der Waals surface area contributed by atoms with Crippen LogP contribution in [0.1, 0.15) is 26.2 Å². The van der Waals surface area contributed by atoms with Gasteiger partial charge in [-0.05, 0) is 42.9 Å². The van der Waals surface area contributed by atoms with Crippen molar-refractivity contribution in [2.24, 2.45) is 5.92 Å². The van der Waals surface area contributed by atoms with E-state index in [1.54, 1.807) is 6.08 Å². The molecule has 2 nitrogen and oxygen atoms in total. The van der Waals surface area contributed by atoms with E-state index < -0.39 is 5.24 Å². The molecule has 1 unspecified atom stereocenters. The lowest BCUT2D eigenvalue weighted by Crippen LogP contribution is -1.94. The first-order valence-electron chi connectivity index (χ1n) is 4.13. The van der Waals surface area contributed by atoms with Crippen molar-refractivity contribution in [1.29, 1.82) is 0 Å². The van der Waals surface area contributed by atoms with Crippen LogP contribution in [0.25, 0.3) is 0 Å². The van der Waals surface area contributed by atoms with Gasteiger partial charge in [0.05, 0.1) is 0 Å². The van der Waals surface area contributed by atoms with Crippen LogP contribution < -0.4 is 0 Å². The van der Waals surface area contributed by atoms with Crippen molar-refractivity contribution in [1.82, 2.24) is 0 Å². The van der Waals surface area contributed by atoms with Gasteiger partial charge in [-0.1, -0.05) is 13.0 Å². The summed E-state index contributed by atoms with van der Waals surface area (Å²) in [4.78, 5) is 10.3. The third-order valence-corrected chi connectivity index (χ3v) is 1.77. The van der Waals surface area contributed by atoms with Crippen molar-refractivity contribution in [2.45, 2.75) is 26.2 Å². The van der Waals surface area contributed by atoms with Crippen LogP contribution in [0.15, 0.2) is 12.2 Å². The van der Waals surface area contributed by atoms with E-state index in [1.165, 1.54) is 6.08 Å². The SMILES string of the molecule is CC(CC=CC(=O)Cl)CCCO. The van der Waals surface area contributed by atoms with Crippen LogP contribution >= 0.6 is 11.6 Å². The highest BCUT2D eigenvalue weighted by Crippen LogP contribution is 2.10. The molecule has 0 amide bonds. The number of hydrogen-bond donors (Lipinski definition) is 1. The minimum atomic E-state index is -0.427. The van der Waals surface area contributed by atoms with E-state index in [0.717, 1.165) is 19.3 Å². The van der Waals surface area contributed by atoms with E-state index in [1.807, 2.05) is 0 Å². The predicted molar refractivity (Wildman–Crippen MR) is 50.1 cm³/mol. The summed E-state index contributed by atoms with van der Waals surface area (Å²) in [7, 11) is 0. The fourth-order valence-corrected chi connectivity index (χ4v) is 1.04. The van der Waals surface area contributed by atoms with E-state index >= 15 is 0 Å². The largest absolute Gasteiger partial charge is 0.396 e. The fourth-order valence-electron chi connectivity index (χ4n) is 0.951. The Hall–Kier alpha value is -0.340. The summed E-state index contributed by atoms with van der Waals surface area (Å²) in [5.74, 6) is 0.504. The zero-order valence-electron chi connectivity index (χ0n) is 7.29. The second-order valence-corrected chi connectivity index (χ2v) is 3.29. The van der Waals surface area contributed by atoms with Crippen molar-refractivity contribution in [2.75, 3.05) is 6.61 Å². The maximum absolute atomic E-state index is 10.3. The molecule has 0 aromatic rings. The summed E-state index contributed by atoms with van der Waals surface area (Å²) in [6.07, 6.45) is 5.80. The Balaban J connectivity index is 3.42. The third kappa shape index (κ3) is 7.76. The lowest BCUT2D eigenvalue weighted by molar-refractivity contribution is -0.107. The Morgan fingerprint density at radius 3 is 2.83 bits per heavy atom. The van der Waals surface area contributed by atoms with E-state index in [4.69, 9.17) is 16.7 Å². The number of carbonyl (C=O) groups excluding carboxylic acids is 1. The average molecular weight is 191 g/mol. The first-order chi connectivity index (χ1) is 5.66. The molecule has 0 bridgehead atoms. The quantitative estimate of drug-likeness (QED) is 0.515. The first-order valence-corrected chi connectivity index (χ1v) is 4.51. The highest BCUT2D eigenvalue weighted by atomic mass is 35.5. The van der Waals surface area contributed by atoms with Gasteiger partial charge in [0.25, 0.3) is 0 Å². The van der Waals surface area contributed by atoms with E-state index in [9.17, 15) is 4.79 Å². The standard InChI is InChI=1S/C9H15ClO2/c1-8(5-3-7-11)4-2-6-9(10)12/h2,6,8,11H,3-5,7H2,1H3. The van der Waals surface area contributed by atoms with Crippen LogP contribution in [0.5, 0.6) is 0 Å². The number of hydrogen-bond acceptors (Lipinski definition) is 2. The monoisotopic (exact) mass is 190 g/mol. The normalized spacial score (nSPS) is 13.6. The van der Waals surface area contributed by atoms with Crippen molar-refractivity contribution in [3.05, 3.63) is 12.2 Å². The Morgan fingerprint density at radius 1 is 1.67 bits per heavy atom. The molecule has 0 spiro atoms. The van der Waals surface area contributed by atoms with E-state index in [-0.39, 0.29) is 6.61 Å². The minimum absolute atomic E-state index is 0.239. The van der Waals surface area contributed by atoms with Gasteiger partial charge in [-0.3, -0.25) is 4.79 Å². The van der Waals surface area contributed by atoms with Gasteiger partial charge < -0.3 is 5.11 Å². The van der Waals surface area contributed by atoms with Crippen LogP contribution in [-0.4, -0.2) is 17.0 Å². The Bertz CT molecular complexity index is 155. The summed E-state index contributed by atoms with van der Waals surface area (Å²) in [6, 6.07) is 0. The molecule has 0 saturated carbocycles. The summed E-state index contributed by atoms with van der Waals surface area (Å²) < 4.78 is 0. The molecule has 12 heavy (non-hydrogen) atoms. The van der Waals surface area contributed by atoms with Crippen LogP contribution in [-0.2, 0) is 4.79 Å². The molecule has 0 aliphatic heterocycles. The zero-order valence-corrected chi connectivity index (χ0v) is 8.05. The molecular formula is C9H15ClO2. The van der Waals surface area contributed by atoms with Gasteiger partial charge in [0.1, 0.15) is 0 Å². The molecule has 0 heterocycles. The highest BCUT2D eigenvalue weighted by molar-refractivity contribution is 6.66. The summed E-state index contributed by atoms with van der Waals surface area (Å²) in [5.41, 5.74) is 0. The third-order valence-electron chi connectivity index (χ3n) is 1.64. The van der Waals surface area contributed by atoms with Gasteiger partial charge in [-0.25, -0.2) is 0 Å². The van der Waals surface area contributed by atoms with Crippen molar-refractivity contribution in [3.8, 4) is 0 Å². The molecule has 1 N–H and O–H groups in total. The van der Waals surface area contributed by atoms with Gasteiger partial charge in [0.15, 0.2) is 0 Å². The van der Waals surface area contributed by atoms with Gasteiger partial charge in [-0.15, -0.1) is 0 Å². The first kappa shape index (κ1) is 11.7. The lowest BCUT2D eigenvalue weighted by Gasteiger charge is -2.05. The number of aliphatic hydroxyl groups excluding tert-OH is 1. The molecule has 1 atom stereocenters. The summed E-state index contributed by atoms with van der Waals surface area (Å²) in [5, 5.41) is 8.11. The molecule has 0 saturated heterocycles. The number of allylic oxidation sites excluding steroid dienone is 2. The van der Waals surface area contributed by atoms with Gasteiger partial charge in [-0.2, -0.15) is 0 Å². The molecule has 70 valence electrons. The second-order valence-electron chi connectivity index (χ2n) is 2.91. The maximum atomic E-state index is 10.3. The second kappa shape index (κ2) is 7.32. The summed E-state index contributed by atoms with van der Waals surface area (Å²) in [6.45, 7) is 2.32. The molecule has 0 aromatic carbocycles. The molecule has 0 fully saturated rings. The van der Waals surface area contributed by atoms with Gasteiger partial charge >= 0.3 is 0 Å². The van der Waals surface area contributed by atoms with Crippen molar-refractivity contribution < 1.29 is 9.90 Å². The predicted octanol–water partition coefficient (Wildman–Crippen LogP) is 2.11. The smallest absolute Gasteiger partial charge is 0.244 e. The molecule has 0 aromatic heterocycles. The Morgan fingerprint density at radius 2 is 2.33 bits per heavy atom. The molecular weight excluding hydrogens is 176 g/mol. The molecule has 0 aliphatic carbocycles. The molecule has 0 aliphatic rings. The van der Waals surface area contributed by atoms with Gasteiger partial charge in [0, 0.05) is 6.61 Å². The lowest BCUT2D eigenvalue weighted by atomic mass is 10.0. The number of halogens is 1. The van der Waals surface area contributed by atoms with Gasteiger partial charge in [0.2, 0.25) is 5.24 Å². The molecule has 0 radical (unpaired) electrons. The number of aliphatic hydroxyl groups is 1. The number of rotatable bonds is 6. The topological polar surface area (TPSA) is 37.3 Å².